The standard InChI is InChI=1S/C15H18Br2O2/c1-3-5-6-7-8-11-14(17)15-13(18-11)9-12(19-15)10(16)4-2/h1,5-6,8,10,12-15H,4,7,9H2,2H3/b6-5-,11-8+/t10?,12-,13+,14-,15-/m1/s1. The van der Waals surface area contributed by atoms with Crippen LogP contribution in [0.2, 0.25) is 0 Å². The average Bonchev–Trinajstić information content (AvgIpc) is 2.95. The maximum Gasteiger partial charge on any atom is 0.128 e. The van der Waals surface area contributed by atoms with E-state index in [1.165, 1.54) is 0 Å². The molecule has 0 amide bonds. The van der Waals surface area contributed by atoms with Crippen molar-refractivity contribution in [2.24, 2.45) is 0 Å². The molecule has 0 saturated carbocycles. The van der Waals surface area contributed by atoms with Crippen LogP contribution in [-0.4, -0.2) is 28.0 Å². The minimum atomic E-state index is 0.125. The van der Waals surface area contributed by atoms with Crippen LogP contribution < -0.4 is 0 Å². The number of allylic oxidation sites excluding steroid dienone is 3. The van der Waals surface area contributed by atoms with Gasteiger partial charge in [-0.3, -0.25) is 0 Å². The Balaban J connectivity index is 1.93. The highest BCUT2D eigenvalue weighted by molar-refractivity contribution is 9.09. The first kappa shape index (κ1) is 15.2. The lowest BCUT2D eigenvalue weighted by atomic mass is 10.1. The summed E-state index contributed by atoms with van der Waals surface area (Å²) in [6, 6.07) is 0. The van der Waals surface area contributed by atoms with Crippen molar-refractivity contribution in [2.45, 2.75) is 54.2 Å². The first-order chi connectivity index (χ1) is 9.17. The van der Waals surface area contributed by atoms with Gasteiger partial charge in [0.25, 0.3) is 0 Å². The second-order valence-corrected chi connectivity index (χ2v) is 6.93. The second kappa shape index (κ2) is 6.97. The van der Waals surface area contributed by atoms with Crippen molar-refractivity contribution in [3.8, 4) is 12.3 Å². The second-order valence-electron chi connectivity index (χ2n) is 4.77. The van der Waals surface area contributed by atoms with Crippen LogP contribution in [0.5, 0.6) is 0 Å². The van der Waals surface area contributed by atoms with E-state index in [0.29, 0.717) is 4.83 Å². The SMILES string of the molecule is C#C/C=C\C/C=C1/O[C@H]2C[C@H](C(Br)CC)O[C@H]2[C@@H]1Br. The predicted molar refractivity (Wildman–Crippen MR) is 84.5 cm³/mol. The Morgan fingerprint density at radius 1 is 1.58 bits per heavy atom. The third kappa shape index (κ3) is 3.45. The van der Waals surface area contributed by atoms with Crippen LogP contribution in [0.3, 0.4) is 0 Å². The molecule has 104 valence electrons. The summed E-state index contributed by atoms with van der Waals surface area (Å²) in [6.45, 7) is 2.16. The maximum atomic E-state index is 6.10. The lowest BCUT2D eigenvalue weighted by Gasteiger charge is -2.18. The Kier molecular flexibility index (Phi) is 5.56. The molecule has 2 rings (SSSR count). The van der Waals surface area contributed by atoms with E-state index < -0.39 is 0 Å². The fourth-order valence-electron chi connectivity index (χ4n) is 2.46. The number of hydrogen-bond acceptors (Lipinski definition) is 2. The number of ether oxygens (including phenoxy) is 2. The van der Waals surface area contributed by atoms with Crippen molar-refractivity contribution in [2.75, 3.05) is 0 Å². The minimum Gasteiger partial charge on any atom is -0.491 e. The van der Waals surface area contributed by atoms with Crippen LogP contribution >= 0.6 is 31.9 Å². The summed E-state index contributed by atoms with van der Waals surface area (Å²) in [5, 5.41) is 0. The Labute approximate surface area is 131 Å². The van der Waals surface area contributed by atoms with Crippen LogP contribution in [0.25, 0.3) is 0 Å². The van der Waals surface area contributed by atoms with Gasteiger partial charge in [0.05, 0.1) is 6.10 Å². The molecule has 2 heterocycles. The van der Waals surface area contributed by atoms with Crippen LogP contribution in [0.1, 0.15) is 26.2 Å². The minimum absolute atomic E-state index is 0.125. The average molecular weight is 390 g/mol. The molecule has 0 aromatic carbocycles. The van der Waals surface area contributed by atoms with E-state index in [1.807, 2.05) is 6.08 Å². The Morgan fingerprint density at radius 2 is 2.37 bits per heavy atom. The van der Waals surface area contributed by atoms with Crippen LogP contribution in [0.4, 0.5) is 0 Å². The third-order valence-corrected chi connectivity index (χ3v) is 5.68. The first-order valence-electron chi connectivity index (χ1n) is 6.58. The van der Waals surface area contributed by atoms with E-state index in [0.717, 1.165) is 25.0 Å². The Morgan fingerprint density at radius 3 is 3.00 bits per heavy atom. The van der Waals surface area contributed by atoms with Crippen LogP contribution in [0.15, 0.2) is 24.0 Å². The molecular weight excluding hydrogens is 372 g/mol. The highest BCUT2D eigenvalue weighted by Gasteiger charge is 2.49. The molecule has 2 aliphatic heterocycles. The van der Waals surface area contributed by atoms with E-state index >= 15 is 0 Å². The van der Waals surface area contributed by atoms with Gasteiger partial charge in [-0.25, -0.2) is 0 Å². The number of alkyl halides is 2. The van der Waals surface area contributed by atoms with Gasteiger partial charge < -0.3 is 9.47 Å². The number of hydrogen-bond donors (Lipinski definition) is 0. The first-order valence-corrected chi connectivity index (χ1v) is 8.42. The predicted octanol–water partition coefficient (Wildman–Crippen LogP) is 3.94. The molecule has 0 spiro atoms. The lowest BCUT2D eigenvalue weighted by Crippen LogP contribution is -2.25. The van der Waals surface area contributed by atoms with Crippen molar-refractivity contribution >= 4 is 31.9 Å². The van der Waals surface area contributed by atoms with E-state index in [4.69, 9.17) is 15.9 Å². The zero-order chi connectivity index (χ0) is 13.8. The highest BCUT2D eigenvalue weighted by atomic mass is 79.9. The maximum absolute atomic E-state index is 6.10. The fourth-order valence-corrected chi connectivity index (χ4v) is 3.56. The molecule has 0 aromatic heterocycles. The monoisotopic (exact) mass is 388 g/mol. The summed E-state index contributed by atoms with van der Waals surface area (Å²) in [4.78, 5) is 0.561. The molecule has 2 saturated heterocycles. The van der Waals surface area contributed by atoms with Crippen molar-refractivity contribution in [3.05, 3.63) is 24.0 Å². The van der Waals surface area contributed by atoms with Gasteiger partial charge in [-0.1, -0.05) is 50.8 Å². The van der Waals surface area contributed by atoms with Gasteiger partial charge in [0.1, 0.15) is 22.8 Å². The summed E-state index contributed by atoms with van der Waals surface area (Å²) in [5.41, 5.74) is 0. The number of fused-ring (bicyclic) bond motifs is 1. The van der Waals surface area contributed by atoms with Crippen molar-refractivity contribution < 1.29 is 9.47 Å². The molecule has 19 heavy (non-hydrogen) atoms. The zero-order valence-electron chi connectivity index (χ0n) is 10.9. The number of terminal acetylenes is 1. The molecule has 2 aliphatic rings. The summed E-state index contributed by atoms with van der Waals surface area (Å²) in [6.07, 6.45) is 14.2. The van der Waals surface area contributed by atoms with Gasteiger partial charge in [0.15, 0.2) is 0 Å². The largest absolute Gasteiger partial charge is 0.491 e. The van der Waals surface area contributed by atoms with Crippen molar-refractivity contribution in [1.82, 2.24) is 0 Å². The summed E-state index contributed by atoms with van der Waals surface area (Å²) in [5.74, 6) is 3.45. The zero-order valence-corrected chi connectivity index (χ0v) is 14.1. The fraction of sp³-hybridized carbons (Fsp3) is 0.600. The van der Waals surface area contributed by atoms with E-state index in [2.05, 4.69) is 50.8 Å². The van der Waals surface area contributed by atoms with Gasteiger partial charge in [0, 0.05) is 11.2 Å². The van der Waals surface area contributed by atoms with Crippen LogP contribution in [-0.2, 0) is 9.47 Å². The molecule has 5 atom stereocenters. The molecule has 2 nitrogen and oxygen atoms in total. The summed E-state index contributed by atoms with van der Waals surface area (Å²) >= 11 is 7.35. The quantitative estimate of drug-likeness (QED) is 0.535. The van der Waals surface area contributed by atoms with Crippen molar-refractivity contribution in [1.29, 1.82) is 0 Å². The normalized spacial score (nSPS) is 37.3. The molecule has 1 unspecified atom stereocenters. The topological polar surface area (TPSA) is 18.5 Å². The van der Waals surface area contributed by atoms with E-state index in [1.54, 1.807) is 6.08 Å². The molecule has 0 N–H and O–H groups in total. The lowest BCUT2D eigenvalue weighted by molar-refractivity contribution is 0.0416. The molecule has 4 heteroatoms. The third-order valence-electron chi connectivity index (χ3n) is 3.47. The molecule has 2 fully saturated rings. The van der Waals surface area contributed by atoms with Crippen LogP contribution in [0, 0.1) is 12.3 Å². The number of halogens is 2. The summed E-state index contributed by atoms with van der Waals surface area (Å²) < 4.78 is 12.1. The van der Waals surface area contributed by atoms with Gasteiger partial charge in [-0.15, -0.1) is 6.42 Å². The van der Waals surface area contributed by atoms with E-state index in [9.17, 15) is 0 Å². The van der Waals surface area contributed by atoms with Crippen molar-refractivity contribution in [3.63, 3.8) is 0 Å². The molecule has 0 radical (unpaired) electrons. The Bertz CT molecular complexity index is 411. The highest BCUT2D eigenvalue weighted by Crippen LogP contribution is 2.42. The van der Waals surface area contributed by atoms with Gasteiger partial charge >= 0.3 is 0 Å². The van der Waals surface area contributed by atoms with E-state index in [-0.39, 0.29) is 23.1 Å². The molecule has 0 aromatic rings. The summed E-state index contributed by atoms with van der Waals surface area (Å²) in [7, 11) is 0. The van der Waals surface area contributed by atoms with Gasteiger partial charge in [-0.05, 0) is 25.0 Å². The molecular formula is C15H18Br2O2. The number of rotatable bonds is 4. The smallest absolute Gasteiger partial charge is 0.128 e. The van der Waals surface area contributed by atoms with Gasteiger partial charge in [0.2, 0.25) is 0 Å². The van der Waals surface area contributed by atoms with Gasteiger partial charge in [-0.2, -0.15) is 0 Å². The molecule has 0 bridgehead atoms. The Hall–Kier alpha value is -0.240. The molecule has 0 aliphatic carbocycles.